The SMILES string of the molecule is Cn1ncc(-c2nccs2)c1-c1ccc2c(c1)CN([C@H](CN)Cc1cccc(F)c1)C2=O. The summed E-state index contributed by atoms with van der Waals surface area (Å²) in [6.07, 6.45) is 4.11. The summed E-state index contributed by atoms with van der Waals surface area (Å²) in [5.41, 5.74) is 11.4. The van der Waals surface area contributed by atoms with E-state index in [-0.39, 0.29) is 17.8 Å². The van der Waals surface area contributed by atoms with Gasteiger partial charge in [-0.1, -0.05) is 18.2 Å². The van der Waals surface area contributed by atoms with Gasteiger partial charge in [-0.05, 0) is 41.8 Å². The number of thiazole rings is 1. The van der Waals surface area contributed by atoms with Crippen molar-refractivity contribution < 1.29 is 9.18 Å². The standard InChI is InChI=1S/C24H22FN5OS/c1-29-22(21(13-28-29)23-27-7-8-32-23)16-5-6-20-17(11-16)14-30(24(20)31)19(12-26)10-15-3-2-4-18(25)9-15/h2-9,11,13,19H,10,12,14,26H2,1H3/t19-/m0/s1. The molecular weight excluding hydrogens is 425 g/mol. The summed E-state index contributed by atoms with van der Waals surface area (Å²) >= 11 is 1.57. The molecule has 0 saturated heterocycles. The number of benzene rings is 2. The van der Waals surface area contributed by atoms with Crippen LogP contribution in [0.5, 0.6) is 0 Å². The fraction of sp³-hybridized carbons (Fsp3) is 0.208. The molecule has 0 radical (unpaired) electrons. The van der Waals surface area contributed by atoms with Crippen molar-refractivity contribution in [1.29, 1.82) is 0 Å². The van der Waals surface area contributed by atoms with Crippen LogP contribution in [0.4, 0.5) is 4.39 Å². The van der Waals surface area contributed by atoms with Crippen LogP contribution in [0.2, 0.25) is 0 Å². The maximum atomic E-state index is 13.6. The van der Waals surface area contributed by atoms with Gasteiger partial charge in [0.2, 0.25) is 0 Å². The van der Waals surface area contributed by atoms with Crippen molar-refractivity contribution in [2.75, 3.05) is 6.54 Å². The molecule has 3 heterocycles. The summed E-state index contributed by atoms with van der Waals surface area (Å²) in [7, 11) is 1.90. The smallest absolute Gasteiger partial charge is 0.254 e. The van der Waals surface area contributed by atoms with Gasteiger partial charge in [0.1, 0.15) is 10.8 Å². The monoisotopic (exact) mass is 447 g/mol. The van der Waals surface area contributed by atoms with E-state index in [1.54, 1.807) is 28.5 Å². The summed E-state index contributed by atoms with van der Waals surface area (Å²) in [5, 5.41) is 7.28. The molecule has 2 aromatic carbocycles. The Morgan fingerprint density at radius 3 is 2.84 bits per heavy atom. The van der Waals surface area contributed by atoms with Crippen LogP contribution in [0, 0.1) is 5.82 Å². The Labute approximate surface area is 189 Å². The topological polar surface area (TPSA) is 77.0 Å². The summed E-state index contributed by atoms with van der Waals surface area (Å²) < 4.78 is 15.4. The molecule has 8 heteroatoms. The minimum atomic E-state index is -0.286. The highest BCUT2D eigenvalue weighted by Crippen LogP contribution is 2.35. The second-order valence-electron chi connectivity index (χ2n) is 7.90. The number of fused-ring (bicyclic) bond motifs is 1. The Bertz CT molecular complexity index is 1280. The minimum Gasteiger partial charge on any atom is -0.330 e. The average molecular weight is 448 g/mol. The van der Waals surface area contributed by atoms with Crippen LogP contribution in [-0.2, 0) is 20.0 Å². The van der Waals surface area contributed by atoms with Gasteiger partial charge in [0.05, 0.1) is 17.5 Å². The maximum Gasteiger partial charge on any atom is 0.254 e. The number of rotatable bonds is 6. The molecule has 1 aliphatic rings. The Morgan fingerprint density at radius 1 is 1.22 bits per heavy atom. The summed E-state index contributed by atoms with van der Waals surface area (Å²) in [6.45, 7) is 0.780. The van der Waals surface area contributed by atoms with Crippen molar-refractivity contribution >= 4 is 17.2 Å². The van der Waals surface area contributed by atoms with Crippen LogP contribution in [0.3, 0.4) is 0 Å². The van der Waals surface area contributed by atoms with Gasteiger partial charge < -0.3 is 10.6 Å². The lowest BCUT2D eigenvalue weighted by Crippen LogP contribution is -2.42. The predicted molar refractivity (Wildman–Crippen MR) is 123 cm³/mol. The molecule has 0 aliphatic carbocycles. The molecule has 0 unspecified atom stereocenters. The zero-order valence-electron chi connectivity index (χ0n) is 17.5. The summed E-state index contributed by atoms with van der Waals surface area (Å²) in [4.78, 5) is 19.4. The molecule has 2 N–H and O–H groups in total. The van der Waals surface area contributed by atoms with E-state index in [2.05, 4.69) is 16.1 Å². The summed E-state index contributed by atoms with van der Waals surface area (Å²) in [5.74, 6) is -0.324. The highest BCUT2D eigenvalue weighted by molar-refractivity contribution is 7.13. The van der Waals surface area contributed by atoms with Crippen LogP contribution < -0.4 is 5.73 Å². The molecule has 1 aliphatic heterocycles. The van der Waals surface area contributed by atoms with Gasteiger partial charge in [-0.3, -0.25) is 9.48 Å². The Hall–Kier alpha value is -3.36. The molecule has 162 valence electrons. The molecule has 5 rings (SSSR count). The number of amides is 1. The van der Waals surface area contributed by atoms with E-state index in [1.165, 1.54) is 12.1 Å². The van der Waals surface area contributed by atoms with Crippen molar-refractivity contribution in [2.45, 2.75) is 19.0 Å². The second kappa shape index (κ2) is 8.29. The largest absolute Gasteiger partial charge is 0.330 e. The molecule has 4 aromatic rings. The lowest BCUT2D eigenvalue weighted by molar-refractivity contribution is 0.0708. The highest BCUT2D eigenvalue weighted by atomic mass is 32.1. The van der Waals surface area contributed by atoms with E-state index < -0.39 is 0 Å². The zero-order chi connectivity index (χ0) is 22.2. The average Bonchev–Trinajstić information content (AvgIpc) is 3.51. The molecule has 0 fully saturated rings. The first-order valence-corrected chi connectivity index (χ1v) is 11.2. The van der Waals surface area contributed by atoms with Gasteiger partial charge in [0.15, 0.2) is 0 Å². The lowest BCUT2D eigenvalue weighted by Gasteiger charge is -2.26. The van der Waals surface area contributed by atoms with Crippen molar-refractivity contribution in [1.82, 2.24) is 19.7 Å². The number of carbonyl (C=O) groups is 1. The minimum absolute atomic E-state index is 0.0384. The number of aryl methyl sites for hydroxylation is 1. The van der Waals surface area contributed by atoms with Gasteiger partial charge in [0, 0.05) is 48.9 Å². The Balaban J connectivity index is 1.45. The van der Waals surface area contributed by atoms with Crippen molar-refractivity contribution in [3.63, 3.8) is 0 Å². The number of halogens is 1. The fourth-order valence-corrected chi connectivity index (χ4v) is 4.98. The molecule has 0 saturated carbocycles. The summed E-state index contributed by atoms with van der Waals surface area (Å²) in [6, 6.07) is 12.1. The molecule has 2 aromatic heterocycles. The van der Waals surface area contributed by atoms with Crippen LogP contribution >= 0.6 is 11.3 Å². The third-order valence-electron chi connectivity index (χ3n) is 5.89. The Kier molecular flexibility index (Phi) is 5.32. The van der Waals surface area contributed by atoms with E-state index in [0.29, 0.717) is 25.1 Å². The van der Waals surface area contributed by atoms with Crippen molar-refractivity contribution in [3.8, 4) is 21.8 Å². The van der Waals surface area contributed by atoms with Gasteiger partial charge in [-0.2, -0.15) is 5.10 Å². The molecule has 0 bridgehead atoms. The molecule has 1 amide bonds. The first-order valence-electron chi connectivity index (χ1n) is 10.4. The van der Waals surface area contributed by atoms with Crippen LogP contribution in [0.25, 0.3) is 21.8 Å². The van der Waals surface area contributed by atoms with E-state index in [9.17, 15) is 9.18 Å². The fourth-order valence-electron chi connectivity index (χ4n) is 4.34. The number of nitrogens with two attached hydrogens (primary N) is 1. The van der Waals surface area contributed by atoms with Crippen LogP contribution in [-0.4, -0.2) is 38.2 Å². The normalized spacial score (nSPS) is 14.1. The molecule has 0 spiro atoms. The van der Waals surface area contributed by atoms with E-state index in [0.717, 1.165) is 33.0 Å². The second-order valence-corrected chi connectivity index (χ2v) is 8.79. The molecule has 32 heavy (non-hydrogen) atoms. The predicted octanol–water partition coefficient (Wildman–Crippen LogP) is 3.88. The first-order chi connectivity index (χ1) is 15.5. The third-order valence-corrected chi connectivity index (χ3v) is 6.69. The maximum absolute atomic E-state index is 13.6. The van der Waals surface area contributed by atoms with E-state index >= 15 is 0 Å². The van der Waals surface area contributed by atoms with Crippen molar-refractivity contribution in [3.05, 3.63) is 82.7 Å². The van der Waals surface area contributed by atoms with E-state index in [1.807, 2.05) is 41.5 Å². The number of hydrogen-bond donors (Lipinski definition) is 1. The first kappa shape index (κ1) is 20.5. The lowest BCUT2D eigenvalue weighted by atomic mass is 10.0. The third kappa shape index (κ3) is 3.61. The van der Waals surface area contributed by atoms with Crippen LogP contribution in [0.1, 0.15) is 21.5 Å². The van der Waals surface area contributed by atoms with Gasteiger partial charge in [0.25, 0.3) is 5.91 Å². The van der Waals surface area contributed by atoms with Crippen LogP contribution in [0.15, 0.2) is 60.2 Å². The molecule has 6 nitrogen and oxygen atoms in total. The zero-order valence-corrected chi connectivity index (χ0v) is 18.3. The number of aromatic nitrogens is 3. The number of carbonyl (C=O) groups excluding carboxylic acids is 1. The quantitative estimate of drug-likeness (QED) is 0.487. The van der Waals surface area contributed by atoms with Gasteiger partial charge in [-0.15, -0.1) is 11.3 Å². The number of hydrogen-bond acceptors (Lipinski definition) is 5. The molecular formula is C24H22FN5OS. The molecule has 1 atom stereocenters. The van der Waals surface area contributed by atoms with Crippen molar-refractivity contribution in [2.24, 2.45) is 12.8 Å². The van der Waals surface area contributed by atoms with Gasteiger partial charge in [-0.25, -0.2) is 9.37 Å². The van der Waals surface area contributed by atoms with Gasteiger partial charge >= 0.3 is 0 Å². The highest BCUT2D eigenvalue weighted by Gasteiger charge is 2.32. The number of nitrogens with zero attached hydrogens (tertiary/aromatic N) is 4. The Morgan fingerprint density at radius 2 is 2.09 bits per heavy atom. The van der Waals surface area contributed by atoms with E-state index in [4.69, 9.17) is 5.73 Å².